The van der Waals surface area contributed by atoms with Crippen LogP contribution in [0.1, 0.15) is 52.4 Å². The number of halogens is 1. The lowest BCUT2D eigenvalue weighted by Crippen LogP contribution is -2.41. The summed E-state index contributed by atoms with van der Waals surface area (Å²) in [5.41, 5.74) is 6.19. The Balaban J connectivity index is 0.00000324. The van der Waals surface area contributed by atoms with Crippen LogP contribution in [0.2, 0.25) is 0 Å². The van der Waals surface area contributed by atoms with Crippen molar-refractivity contribution < 1.29 is 5.11 Å². The van der Waals surface area contributed by atoms with Crippen LogP contribution in [0.25, 0.3) is 0 Å². The maximum absolute atomic E-state index is 9.19. The second kappa shape index (κ2) is 9.80. The summed E-state index contributed by atoms with van der Waals surface area (Å²) in [5, 5.41) is 9.19. The van der Waals surface area contributed by atoms with Crippen molar-refractivity contribution in [2.45, 2.75) is 52.4 Å². The highest BCUT2D eigenvalue weighted by Crippen LogP contribution is 2.30. The van der Waals surface area contributed by atoms with E-state index < -0.39 is 0 Å². The molecule has 3 N–H and O–H groups in total. The number of piperidine rings is 1. The second-order valence-corrected chi connectivity index (χ2v) is 5.40. The lowest BCUT2D eigenvalue weighted by Gasteiger charge is -2.31. The molecule has 0 atom stereocenters. The van der Waals surface area contributed by atoms with Crippen LogP contribution < -0.4 is 5.73 Å². The van der Waals surface area contributed by atoms with E-state index in [1.807, 2.05) is 0 Å². The molecule has 0 radical (unpaired) electrons. The summed E-state index contributed by atoms with van der Waals surface area (Å²) in [6.45, 7) is 7.41. The first-order valence-electron chi connectivity index (χ1n) is 7.33. The standard InChI is InChI=1S/C14H29N3O.HI/c1-3-14(4-2,8-11-18)12-16-13(15)17-9-6-5-7-10-17;/h18H,3-12H2,1-2H3,(H2,15,16);1H. The van der Waals surface area contributed by atoms with Crippen LogP contribution in [-0.4, -0.2) is 42.2 Å². The normalized spacial score (nSPS) is 17.2. The molecule has 0 aromatic carbocycles. The highest BCUT2D eigenvalue weighted by atomic mass is 127. The van der Waals surface area contributed by atoms with Crippen molar-refractivity contribution in [3.05, 3.63) is 0 Å². The van der Waals surface area contributed by atoms with Crippen molar-refractivity contribution in [3.63, 3.8) is 0 Å². The van der Waals surface area contributed by atoms with Gasteiger partial charge in [-0.15, -0.1) is 24.0 Å². The van der Waals surface area contributed by atoms with E-state index in [9.17, 15) is 5.11 Å². The zero-order valence-electron chi connectivity index (χ0n) is 12.4. The third-order valence-corrected chi connectivity index (χ3v) is 4.40. The molecule has 1 aliphatic heterocycles. The van der Waals surface area contributed by atoms with E-state index in [0.29, 0.717) is 5.96 Å². The SMILES string of the molecule is CCC(CC)(CCO)CN=C(N)N1CCCCC1.I. The van der Waals surface area contributed by atoms with E-state index in [1.54, 1.807) is 0 Å². The first-order chi connectivity index (χ1) is 8.67. The fraction of sp³-hybridized carbons (Fsp3) is 0.929. The number of guanidine groups is 1. The Hall–Kier alpha value is -0.0400. The number of aliphatic imine (C=N–C) groups is 1. The van der Waals surface area contributed by atoms with Crippen LogP contribution in [0.4, 0.5) is 0 Å². The first-order valence-corrected chi connectivity index (χ1v) is 7.33. The van der Waals surface area contributed by atoms with Gasteiger partial charge in [0, 0.05) is 26.2 Å². The van der Waals surface area contributed by atoms with Gasteiger partial charge in [-0.2, -0.15) is 0 Å². The molecule has 5 heteroatoms. The molecule has 0 bridgehead atoms. The summed E-state index contributed by atoms with van der Waals surface area (Å²) in [4.78, 5) is 6.78. The molecular formula is C14H30IN3O. The molecule has 1 saturated heterocycles. The van der Waals surface area contributed by atoms with Crippen molar-refractivity contribution in [1.29, 1.82) is 0 Å². The summed E-state index contributed by atoms with van der Waals surface area (Å²) in [6.07, 6.45) is 6.65. The molecule has 0 aromatic heterocycles. The Kier molecular flexibility index (Phi) is 9.78. The summed E-state index contributed by atoms with van der Waals surface area (Å²) in [7, 11) is 0. The maximum Gasteiger partial charge on any atom is 0.191 e. The van der Waals surface area contributed by atoms with Gasteiger partial charge in [0.15, 0.2) is 5.96 Å². The van der Waals surface area contributed by atoms with E-state index >= 15 is 0 Å². The summed E-state index contributed by atoms with van der Waals surface area (Å²) in [6, 6.07) is 0. The molecule has 0 amide bonds. The van der Waals surface area contributed by atoms with Gasteiger partial charge in [-0.3, -0.25) is 4.99 Å². The van der Waals surface area contributed by atoms with Crippen LogP contribution in [0, 0.1) is 5.41 Å². The molecule has 4 nitrogen and oxygen atoms in total. The smallest absolute Gasteiger partial charge is 0.191 e. The van der Waals surface area contributed by atoms with Gasteiger partial charge in [-0.25, -0.2) is 0 Å². The Morgan fingerprint density at radius 3 is 2.26 bits per heavy atom. The van der Waals surface area contributed by atoms with Gasteiger partial charge in [0.1, 0.15) is 0 Å². The Labute approximate surface area is 134 Å². The third kappa shape index (κ3) is 5.85. The van der Waals surface area contributed by atoms with Crippen molar-refractivity contribution >= 4 is 29.9 Å². The fourth-order valence-corrected chi connectivity index (χ4v) is 2.62. The van der Waals surface area contributed by atoms with Crippen LogP contribution in [0.5, 0.6) is 0 Å². The Morgan fingerprint density at radius 1 is 1.21 bits per heavy atom. The maximum atomic E-state index is 9.19. The minimum atomic E-state index is 0. The molecule has 19 heavy (non-hydrogen) atoms. The van der Waals surface area contributed by atoms with Crippen molar-refractivity contribution in [2.75, 3.05) is 26.2 Å². The van der Waals surface area contributed by atoms with Crippen LogP contribution >= 0.6 is 24.0 Å². The minimum absolute atomic E-state index is 0. The van der Waals surface area contributed by atoms with Gasteiger partial charge in [-0.1, -0.05) is 13.8 Å². The van der Waals surface area contributed by atoms with Gasteiger partial charge in [0.2, 0.25) is 0 Å². The van der Waals surface area contributed by atoms with Crippen molar-refractivity contribution in [2.24, 2.45) is 16.1 Å². The molecule has 0 aliphatic carbocycles. The average molecular weight is 383 g/mol. The summed E-state index contributed by atoms with van der Waals surface area (Å²) in [5.74, 6) is 0.693. The molecule has 1 aliphatic rings. The molecule has 1 rings (SSSR count). The van der Waals surface area contributed by atoms with Gasteiger partial charge in [0.05, 0.1) is 0 Å². The number of hydrogen-bond donors (Lipinski definition) is 2. The monoisotopic (exact) mass is 383 g/mol. The molecule has 0 aromatic rings. The predicted molar refractivity (Wildman–Crippen MR) is 92.0 cm³/mol. The number of nitrogens with zero attached hydrogens (tertiary/aromatic N) is 2. The largest absolute Gasteiger partial charge is 0.396 e. The quantitative estimate of drug-likeness (QED) is 0.421. The number of likely N-dealkylation sites (tertiary alicyclic amines) is 1. The minimum Gasteiger partial charge on any atom is -0.396 e. The molecule has 114 valence electrons. The van der Waals surface area contributed by atoms with Gasteiger partial charge in [0.25, 0.3) is 0 Å². The topological polar surface area (TPSA) is 61.9 Å². The number of aliphatic hydroxyl groups excluding tert-OH is 1. The molecule has 1 fully saturated rings. The first kappa shape index (κ1) is 19.0. The zero-order valence-corrected chi connectivity index (χ0v) is 14.7. The fourth-order valence-electron chi connectivity index (χ4n) is 2.62. The molecule has 0 saturated carbocycles. The predicted octanol–water partition coefficient (Wildman–Crippen LogP) is 2.59. The van der Waals surface area contributed by atoms with Gasteiger partial charge in [-0.05, 0) is 43.9 Å². The van der Waals surface area contributed by atoms with Gasteiger partial charge >= 0.3 is 0 Å². The summed E-state index contributed by atoms with van der Waals surface area (Å²) >= 11 is 0. The van der Waals surface area contributed by atoms with E-state index in [0.717, 1.165) is 38.9 Å². The average Bonchev–Trinajstić information content (AvgIpc) is 2.44. The summed E-state index contributed by atoms with van der Waals surface area (Å²) < 4.78 is 0. The second-order valence-electron chi connectivity index (χ2n) is 5.40. The van der Waals surface area contributed by atoms with E-state index in [2.05, 4.69) is 23.7 Å². The third-order valence-electron chi connectivity index (χ3n) is 4.40. The lowest BCUT2D eigenvalue weighted by atomic mass is 9.79. The molecule has 0 unspecified atom stereocenters. The van der Waals surface area contributed by atoms with Crippen LogP contribution in [0.3, 0.4) is 0 Å². The van der Waals surface area contributed by atoms with Crippen molar-refractivity contribution in [3.8, 4) is 0 Å². The number of aliphatic hydroxyl groups is 1. The van der Waals surface area contributed by atoms with E-state index in [-0.39, 0.29) is 36.0 Å². The zero-order chi connectivity index (χ0) is 13.4. The van der Waals surface area contributed by atoms with Crippen molar-refractivity contribution in [1.82, 2.24) is 4.90 Å². The number of hydrogen-bond acceptors (Lipinski definition) is 2. The molecular weight excluding hydrogens is 353 g/mol. The Bertz CT molecular complexity index is 261. The lowest BCUT2D eigenvalue weighted by molar-refractivity contribution is 0.175. The number of rotatable bonds is 6. The van der Waals surface area contributed by atoms with Gasteiger partial charge < -0.3 is 15.7 Å². The van der Waals surface area contributed by atoms with E-state index in [1.165, 1.54) is 19.3 Å². The highest BCUT2D eigenvalue weighted by molar-refractivity contribution is 14.0. The number of nitrogens with two attached hydrogens (primary N) is 1. The Morgan fingerprint density at radius 2 is 1.79 bits per heavy atom. The molecule has 0 spiro atoms. The van der Waals surface area contributed by atoms with Crippen LogP contribution in [-0.2, 0) is 0 Å². The van der Waals surface area contributed by atoms with E-state index in [4.69, 9.17) is 5.73 Å². The van der Waals surface area contributed by atoms with Crippen LogP contribution in [0.15, 0.2) is 4.99 Å². The molecule has 1 heterocycles. The highest BCUT2D eigenvalue weighted by Gasteiger charge is 2.25.